The summed E-state index contributed by atoms with van der Waals surface area (Å²) in [6.45, 7) is 2.88. The number of likely N-dealkylation sites (tertiary alicyclic amines) is 1. The zero-order valence-corrected chi connectivity index (χ0v) is 13.9. The van der Waals surface area contributed by atoms with Gasteiger partial charge in [0.05, 0.1) is 24.4 Å². The summed E-state index contributed by atoms with van der Waals surface area (Å²) < 4.78 is 0. The molecule has 124 valence electrons. The summed E-state index contributed by atoms with van der Waals surface area (Å²) in [5.41, 5.74) is 4.37. The number of para-hydroxylation sites is 1. The molecule has 1 unspecified atom stereocenters. The van der Waals surface area contributed by atoms with Gasteiger partial charge in [-0.15, -0.1) is 0 Å². The maximum Gasteiger partial charge on any atom is 0.227 e. The molecule has 24 heavy (non-hydrogen) atoms. The third-order valence-corrected chi connectivity index (χ3v) is 5.04. The highest BCUT2D eigenvalue weighted by Crippen LogP contribution is 2.32. The van der Waals surface area contributed by atoms with E-state index in [-0.39, 0.29) is 11.9 Å². The molecule has 3 aromatic rings. The highest BCUT2D eigenvalue weighted by atomic mass is 16.2. The SMILES string of the molecule is Cc1cn[nH]c1C1CCCCN1C(=O)Cc1c[nH]c2ccccc12. The Hall–Kier alpha value is -2.56. The Morgan fingerprint density at radius 1 is 1.33 bits per heavy atom. The zero-order valence-electron chi connectivity index (χ0n) is 13.9. The van der Waals surface area contributed by atoms with Crippen LogP contribution in [-0.4, -0.2) is 32.5 Å². The number of benzene rings is 1. The van der Waals surface area contributed by atoms with E-state index < -0.39 is 0 Å². The van der Waals surface area contributed by atoms with Gasteiger partial charge in [0.1, 0.15) is 0 Å². The van der Waals surface area contributed by atoms with Gasteiger partial charge in [0.15, 0.2) is 0 Å². The van der Waals surface area contributed by atoms with E-state index in [0.29, 0.717) is 6.42 Å². The molecule has 2 aromatic heterocycles. The molecule has 0 aliphatic carbocycles. The van der Waals surface area contributed by atoms with Crippen molar-refractivity contribution in [3.63, 3.8) is 0 Å². The highest BCUT2D eigenvalue weighted by molar-refractivity contribution is 5.89. The molecule has 1 amide bonds. The van der Waals surface area contributed by atoms with Crippen molar-refractivity contribution in [1.29, 1.82) is 0 Å². The van der Waals surface area contributed by atoms with E-state index in [1.54, 1.807) is 0 Å². The molecule has 0 radical (unpaired) electrons. The summed E-state index contributed by atoms with van der Waals surface area (Å²) in [5, 5.41) is 8.37. The van der Waals surface area contributed by atoms with Gasteiger partial charge in [-0.2, -0.15) is 5.10 Å². The lowest BCUT2D eigenvalue weighted by Crippen LogP contribution is -2.39. The first kappa shape index (κ1) is 15.0. The van der Waals surface area contributed by atoms with E-state index >= 15 is 0 Å². The standard InChI is InChI=1S/C19H22N4O/c1-13-11-21-22-19(13)17-8-4-5-9-23(17)18(24)10-14-12-20-16-7-3-2-6-15(14)16/h2-3,6-7,11-12,17,20H,4-5,8-10H2,1H3,(H,21,22). The molecular weight excluding hydrogens is 300 g/mol. The molecule has 0 saturated carbocycles. The molecule has 1 aromatic carbocycles. The Kier molecular flexibility index (Phi) is 3.84. The number of aryl methyl sites for hydroxylation is 1. The van der Waals surface area contributed by atoms with E-state index in [1.807, 2.05) is 35.5 Å². The van der Waals surface area contributed by atoms with Gasteiger partial charge < -0.3 is 9.88 Å². The highest BCUT2D eigenvalue weighted by Gasteiger charge is 2.30. The molecule has 5 nitrogen and oxygen atoms in total. The Labute approximate surface area is 141 Å². The lowest BCUT2D eigenvalue weighted by molar-refractivity contribution is -0.134. The Morgan fingerprint density at radius 3 is 3.04 bits per heavy atom. The molecule has 1 aliphatic rings. The van der Waals surface area contributed by atoms with Crippen molar-refractivity contribution in [3.8, 4) is 0 Å². The number of hydrogen-bond acceptors (Lipinski definition) is 2. The molecule has 1 aliphatic heterocycles. The number of aromatic amines is 2. The molecule has 1 fully saturated rings. The fraction of sp³-hybridized carbons (Fsp3) is 0.368. The van der Waals surface area contributed by atoms with Crippen LogP contribution in [0.4, 0.5) is 0 Å². The average molecular weight is 322 g/mol. The van der Waals surface area contributed by atoms with E-state index in [1.165, 1.54) is 0 Å². The first-order chi connectivity index (χ1) is 11.7. The number of carbonyl (C=O) groups is 1. The topological polar surface area (TPSA) is 64.8 Å². The van der Waals surface area contributed by atoms with Crippen LogP contribution in [0.25, 0.3) is 10.9 Å². The largest absolute Gasteiger partial charge is 0.361 e. The van der Waals surface area contributed by atoms with E-state index in [2.05, 4.69) is 28.2 Å². The lowest BCUT2D eigenvalue weighted by Gasteiger charge is -2.35. The minimum atomic E-state index is 0.124. The van der Waals surface area contributed by atoms with Gasteiger partial charge in [-0.3, -0.25) is 9.89 Å². The predicted molar refractivity (Wildman–Crippen MR) is 93.6 cm³/mol. The third kappa shape index (κ3) is 2.60. The van der Waals surface area contributed by atoms with E-state index in [9.17, 15) is 4.79 Å². The van der Waals surface area contributed by atoms with Crippen molar-refractivity contribution in [2.24, 2.45) is 0 Å². The molecule has 3 heterocycles. The first-order valence-corrected chi connectivity index (χ1v) is 8.58. The number of H-pyrrole nitrogens is 2. The number of piperidine rings is 1. The fourth-order valence-corrected chi connectivity index (χ4v) is 3.77. The number of fused-ring (bicyclic) bond motifs is 1. The van der Waals surface area contributed by atoms with Crippen molar-refractivity contribution in [2.45, 2.75) is 38.6 Å². The molecule has 5 heteroatoms. The third-order valence-electron chi connectivity index (χ3n) is 5.04. The number of hydrogen-bond donors (Lipinski definition) is 2. The van der Waals surface area contributed by atoms with E-state index in [4.69, 9.17) is 0 Å². The van der Waals surface area contributed by atoms with Crippen molar-refractivity contribution >= 4 is 16.8 Å². The Bertz CT molecular complexity index is 863. The number of rotatable bonds is 3. The maximum atomic E-state index is 13.0. The average Bonchev–Trinajstić information content (AvgIpc) is 3.21. The second-order valence-electron chi connectivity index (χ2n) is 6.60. The van der Waals surface area contributed by atoms with Gasteiger partial charge in [-0.25, -0.2) is 0 Å². The monoisotopic (exact) mass is 322 g/mol. The predicted octanol–water partition coefficient (Wildman–Crippen LogP) is 3.50. The second kappa shape index (κ2) is 6.15. The van der Waals surface area contributed by atoms with Crippen LogP contribution in [0.15, 0.2) is 36.7 Å². The minimum Gasteiger partial charge on any atom is -0.361 e. The fourth-order valence-electron chi connectivity index (χ4n) is 3.77. The van der Waals surface area contributed by atoms with Gasteiger partial charge in [-0.1, -0.05) is 18.2 Å². The molecular formula is C19H22N4O. The molecule has 2 N–H and O–H groups in total. The van der Waals surface area contributed by atoms with Gasteiger partial charge >= 0.3 is 0 Å². The van der Waals surface area contributed by atoms with Gasteiger partial charge in [0.25, 0.3) is 0 Å². The number of amides is 1. The van der Waals surface area contributed by atoms with Crippen LogP contribution in [0.5, 0.6) is 0 Å². The molecule has 0 bridgehead atoms. The number of nitrogens with zero attached hydrogens (tertiary/aromatic N) is 2. The molecule has 0 spiro atoms. The number of carbonyl (C=O) groups excluding carboxylic acids is 1. The summed E-state index contributed by atoms with van der Waals surface area (Å²) in [4.78, 5) is 18.3. The van der Waals surface area contributed by atoms with Crippen LogP contribution in [0.2, 0.25) is 0 Å². The quantitative estimate of drug-likeness (QED) is 0.775. The van der Waals surface area contributed by atoms with Crippen LogP contribution >= 0.6 is 0 Å². The van der Waals surface area contributed by atoms with Crippen LogP contribution in [0.1, 0.15) is 42.1 Å². The zero-order chi connectivity index (χ0) is 16.5. The second-order valence-corrected chi connectivity index (χ2v) is 6.60. The van der Waals surface area contributed by atoms with Crippen LogP contribution in [0.3, 0.4) is 0 Å². The maximum absolute atomic E-state index is 13.0. The summed E-state index contributed by atoms with van der Waals surface area (Å²) in [5.74, 6) is 0.193. The lowest BCUT2D eigenvalue weighted by atomic mass is 9.96. The molecule has 1 atom stereocenters. The molecule has 4 rings (SSSR count). The summed E-state index contributed by atoms with van der Waals surface area (Å²) >= 11 is 0. The Morgan fingerprint density at radius 2 is 2.21 bits per heavy atom. The Balaban J connectivity index is 1.59. The van der Waals surface area contributed by atoms with Crippen molar-refractivity contribution < 1.29 is 4.79 Å². The van der Waals surface area contributed by atoms with Gasteiger partial charge in [0.2, 0.25) is 5.91 Å². The van der Waals surface area contributed by atoms with Crippen LogP contribution in [0, 0.1) is 6.92 Å². The summed E-state index contributed by atoms with van der Waals surface area (Å²) in [6, 6.07) is 8.26. The van der Waals surface area contributed by atoms with Crippen LogP contribution < -0.4 is 0 Å². The van der Waals surface area contributed by atoms with Gasteiger partial charge in [0, 0.05) is 23.6 Å². The number of aromatic nitrogens is 3. The van der Waals surface area contributed by atoms with Gasteiger partial charge in [-0.05, 0) is 43.4 Å². The number of nitrogens with one attached hydrogen (secondary N) is 2. The normalized spacial score (nSPS) is 18.2. The van der Waals surface area contributed by atoms with Crippen molar-refractivity contribution in [1.82, 2.24) is 20.1 Å². The molecule has 1 saturated heterocycles. The van der Waals surface area contributed by atoms with E-state index in [0.717, 1.165) is 53.5 Å². The summed E-state index contributed by atoms with van der Waals surface area (Å²) in [6.07, 6.45) is 7.47. The van der Waals surface area contributed by atoms with Crippen LogP contribution in [-0.2, 0) is 11.2 Å². The smallest absolute Gasteiger partial charge is 0.227 e. The van der Waals surface area contributed by atoms with Crippen molar-refractivity contribution in [3.05, 3.63) is 53.5 Å². The summed E-state index contributed by atoms with van der Waals surface area (Å²) in [7, 11) is 0. The van der Waals surface area contributed by atoms with Crippen molar-refractivity contribution in [2.75, 3.05) is 6.54 Å². The first-order valence-electron chi connectivity index (χ1n) is 8.58. The minimum absolute atomic E-state index is 0.124.